The lowest BCUT2D eigenvalue weighted by Gasteiger charge is -2.13. The summed E-state index contributed by atoms with van der Waals surface area (Å²) in [5, 5.41) is 15.3. The average Bonchev–Trinajstić information content (AvgIpc) is 2.27. The Morgan fingerprint density at radius 2 is 2.19 bits per heavy atom. The maximum Gasteiger partial charge on any atom is 0.144 e. The lowest BCUT2D eigenvalue weighted by Crippen LogP contribution is -2.23. The molecule has 86 valence electrons. The van der Waals surface area contributed by atoms with E-state index < -0.39 is 0 Å². The molecule has 0 aromatic carbocycles. The van der Waals surface area contributed by atoms with Crippen molar-refractivity contribution in [3.63, 3.8) is 0 Å². The average molecular weight is 218 g/mol. The molecular weight excluding hydrogens is 200 g/mol. The first kappa shape index (κ1) is 12.5. The first-order valence-electron chi connectivity index (χ1n) is 5.43. The van der Waals surface area contributed by atoms with Gasteiger partial charge in [-0.1, -0.05) is 6.92 Å². The summed E-state index contributed by atoms with van der Waals surface area (Å²) in [4.78, 5) is 4.32. The van der Waals surface area contributed by atoms with Crippen molar-refractivity contribution in [3.05, 3.63) is 23.4 Å². The van der Waals surface area contributed by atoms with Gasteiger partial charge < -0.3 is 10.6 Å². The number of nitrogens with zero attached hydrogens (tertiary/aromatic N) is 2. The summed E-state index contributed by atoms with van der Waals surface area (Å²) in [6.45, 7) is 5.82. The maximum atomic E-state index is 8.94. The second-order valence-corrected chi connectivity index (χ2v) is 4.00. The van der Waals surface area contributed by atoms with Gasteiger partial charge in [-0.2, -0.15) is 5.26 Å². The van der Waals surface area contributed by atoms with Crippen molar-refractivity contribution in [1.29, 1.82) is 5.26 Å². The maximum absolute atomic E-state index is 8.94. The molecule has 0 saturated heterocycles. The van der Waals surface area contributed by atoms with Crippen LogP contribution in [0.5, 0.6) is 0 Å². The van der Waals surface area contributed by atoms with Crippen LogP contribution in [0.3, 0.4) is 0 Å². The van der Waals surface area contributed by atoms with E-state index in [1.165, 1.54) is 0 Å². The largest absolute Gasteiger partial charge is 0.369 e. The van der Waals surface area contributed by atoms with Crippen LogP contribution < -0.4 is 10.6 Å². The number of nitrogens with one attached hydrogen (secondary N) is 2. The van der Waals surface area contributed by atoms with Crippen molar-refractivity contribution in [2.45, 2.75) is 13.8 Å². The van der Waals surface area contributed by atoms with Gasteiger partial charge in [-0.3, -0.25) is 0 Å². The molecule has 16 heavy (non-hydrogen) atoms. The van der Waals surface area contributed by atoms with Crippen LogP contribution in [0.15, 0.2) is 12.1 Å². The summed E-state index contributed by atoms with van der Waals surface area (Å²) in [6.07, 6.45) is 0. The lowest BCUT2D eigenvalue weighted by molar-refractivity contribution is 0.568. The van der Waals surface area contributed by atoms with Crippen LogP contribution >= 0.6 is 0 Å². The van der Waals surface area contributed by atoms with Crippen LogP contribution in [-0.2, 0) is 0 Å². The van der Waals surface area contributed by atoms with E-state index >= 15 is 0 Å². The zero-order valence-electron chi connectivity index (χ0n) is 10.0. The van der Waals surface area contributed by atoms with E-state index in [9.17, 15) is 0 Å². The number of aryl methyl sites for hydroxylation is 1. The van der Waals surface area contributed by atoms with E-state index in [2.05, 4.69) is 28.6 Å². The van der Waals surface area contributed by atoms with E-state index in [0.717, 1.165) is 18.8 Å². The second kappa shape index (κ2) is 6.09. The minimum atomic E-state index is 0.499. The minimum Gasteiger partial charge on any atom is -0.369 e. The first-order chi connectivity index (χ1) is 7.67. The van der Waals surface area contributed by atoms with Crippen LogP contribution in [0.4, 0.5) is 5.82 Å². The molecule has 0 spiro atoms. The summed E-state index contributed by atoms with van der Waals surface area (Å²) in [5.41, 5.74) is 1.52. The van der Waals surface area contributed by atoms with Gasteiger partial charge in [0.2, 0.25) is 0 Å². The Labute approximate surface area is 96.7 Å². The highest BCUT2D eigenvalue weighted by atomic mass is 15.0. The summed E-state index contributed by atoms with van der Waals surface area (Å²) < 4.78 is 0. The molecule has 0 radical (unpaired) electrons. The fourth-order valence-corrected chi connectivity index (χ4v) is 1.47. The van der Waals surface area contributed by atoms with E-state index in [1.807, 2.05) is 20.0 Å². The molecule has 0 amide bonds. The molecule has 1 aromatic rings. The van der Waals surface area contributed by atoms with Crippen LogP contribution in [0, 0.1) is 24.2 Å². The van der Waals surface area contributed by atoms with Crippen LogP contribution in [0.1, 0.15) is 18.2 Å². The molecule has 1 heterocycles. The Hall–Kier alpha value is -1.60. The molecule has 0 aliphatic carbocycles. The van der Waals surface area contributed by atoms with Gasteiger partial charge in [0.25, 0.3) is 0 Å². The van der Waals surface area contributed by atoms with E-state index in [1.54, 1.807) is 6.07 Å². The molecule has 0 saturated carbocycles. The molecule has 4 nitrogen and oxygen atoms in total. The third-order valence-corrected chi connectivity index (χ3v) is 2.33. The molecule has 4 heteroatoms. The Kier molecular flexibility index (Phi) is 4.74. The highest BCUT2D eigenvalue weighted by molar-refractivity contribution is 5.52. The van der Waals surface area contributed by atoms with Crippen molar-refractivity contribution < 1.29 is 0 Å². The Bertz CT molecular complexity index is 381. The van der Waals surface area contributed by atoms with Crippen molar-refractivity contribution >= 4 is 5.82 Å². The van der Waals surface area contributed by atoms with Crippen LogP contribution in [-0.4, -0.2) is 25.1 Å². The predicted octanol–water partition coefficient (Wildman–Crippen LogP) is 1.53. The van der Waals surface area contributed by atoms with Gasteiger partial charge in [-0.25, -0.2) is 4.98 Å². The highest BCUT2D eigenvalue weighted by Crippen LogP contribution is 2.12. The molecule has 1 rings (SSSR count). The van der Waals surface area contributed by atoms with E-state index in [4.69, 9.17) is 5.26 Å². The van der Waals surface area contributed by atoms with Crippen LogP contribution in [0.25, 0.3) is 0 Å². The third kappa shape index (κ3) is 3.52. The van der Waals surface area contributed by atoms with Crippen LogP contribution in [0.2, 0.25) is 0 Å². The number of aromatic nitrogens is 1. The number of hydrogen-bond acceptors (Lipinski definition) is 4. The van der Waals surface area contributed by atoms with E-state index in [-0.39, 0.29) is 0 Å². The molecule has 1 atom stereocenters. The molecule has 0 aliphatic rings. The Morgan fingerprint density at radius 3 is 2.81 bits per heavy atom. The van der Waals surface area contributed by atoms with Gasteiger partial charge in [-0.15, -0.1) is 0 Å². The molecule has 2 N–H and O–H groups in total. The first-order valence-corrected chi connectivity index (χ1v) is 5.43. The smallest absolute Gasteiger partial charge is 0.144 e. The molecule has 1 aromatic heterocycles. The molecule has 1 unspecified atom stereocenters. The summed E-state index contributed by atoms with van der Waals surface area (Å²) in [7, 11) is 1.93. The lowest BCUT2D eigenvalue weighted by atomic mass is 10.1. The molecule has 0 aliphatic heterocycles. The zero-order chi connectivity index (χ0) is 12.0. The number of anilines is 1. The minimum absolute atomic E-state index is 0.499. The molecular formula is C12H18N4. The summed E-state index contributed by atoms with van der Waals surface area (Å²) >= 11 is 0. The predicted molar refractivity (Wildman–Crippen MR) is 65.3 cm³/mol. The van der Waals surface area contributed by atoms with Crippen molar-refractivity contribution in [2.75, 3.05) is 25.5 Å². The standard InChI is InChI=1S/C12H18N4/c1-9(7-14-3)8-15-12-11(6-13)5-4-10(2)16-12/h4-5,9,14H,7-8H2,1-3H3,(H,15,16). The second-order valence-electron chi connectivity index (χ2n) is 4.00. The number of hydrogen-bond donors (Lipinski definition) is 2. The fraction of sp³-hybridized carbons (Fsp3) is 0.500. The SMILES string of the molecule is CNCC(C)CNc1nc(C)ccc1C#N. The quantitative estimate of drug-likeness (QED) is 0.786. The monoisotopic (exact) mass is 218 g/mol. The summed E-state index contributed by atoms with van der Waals surface area (Å²) in [5.74, 6) is 1.18. The van der Waals surface area contributed by atoms with Crippen molar-refractivity contribution in [2.24, 2.45) is 5.92 Å². The van der Waals surface area contributed by atoms with Crippen molar-refractivity contribution in [3.8, 4) is 6.07 Å². The summed E-state index contributed by atoms with van der Waals surface area (Å²) in [6, 6.07) is 5.78. The highest BCUT2D eigenvalue weighted by Gasteiger charge is 2.05. The van der Waals surface area contributed by atoms with Gasteiger partial charge in [0, 0.05) is 12.2 Å². The van der Waals surface area contributed by atoms with Gasteiger partial charge in [0.05, 0.1) is 5.56 Å². The zero-order valence-corrected chi connectivity index (χ0v) is 10.0. The van der Waals surface area contributed by atoms with Gasteiger partial charge >= 0.3 is 0 Å². The topological polar surface area (TPSA) is 60.7 Å². The molecule has 0 fully saturated rings. The van der Waals surface area contributed by atoms with Gasteiger partial charge in [0.1, 0.15) is 11.9 Å². The van der Waals surface area contributed by atoms with Gasteiger partial charge in [-0.05, 0) is 38.6 Å². The number of nitriles is 1. The molecule has 0 bridgehead atoms. The third-order valence-electron chi connectivity index (χ3n) is 2.33. The van der Waals surface area contributed by atoms with Gasteiger partial charge in [0.15, 0.2) is 0 Å². The normalized spacial score (nSPS) is 11.9. The number of rotatable bonds is 5. The number of pyridine rings is 1. The Balaban J connectivity index is 2.66. The fourth-order valence-electron chi connectivity index (χ4n) is 1.47. The van der Waals surface area contributed by atoms with Crippen molar-refractivity contribution in [1.82, 2.24) is 10.3 Å². The van der Waals surface area contributed by atoms with E-state index in [0.29, 0.717) is 17.3 Å². The Morgan fingerprint density at radius 1 is 1.44 bits per heavy atom.